The second-order valence-corrected chi connectivity index (χ2v) is 4.87. The maximum Gasteiger partial charge on any atom is 0.163 e. The summed E-state index contributed by atoms with van der Waals surface area (Å²) in [6.45, 7) is 7.26. The lowest BCUT2D eigenvalue weighted by Crippen LogP contribution is -2.45. The number of hydrogen-bond donors (Lipinski definition) is 2. The summed E-state index contributed by atoms with van der Waals surface area (Å²) < 4.78 is 18.8. The molecule has 1 aromatic carbocycles. The third kappa shape index (κ3) is 3.11. The van der Waals surface area contributed by atoms with Gasteiger partial charge in [0.25, 0.3) is 0 Å². The number of hydrogen-bond acceptors (Lipinski definition) is 4. The number of aromatic hydroxyl groups is 1. The van der Waals surface area contributed by atoms with Crippen LogP contribution in [0.3, 0.4) is 0 Å². The Morgan fingerprint density at radius 1 is 1.50 bits per heavy atom. The second-order valence-electron chi connectivity index (χ2n) is 4.87. The molecule has 1 aliphatic rings. The maximum atomic E-state index is 13.7. The lowest BCUT2D eigenvalue weighted by atomic mass is 9.99. The van der Waals surface area contributed by atoms with Gasteiger partial charge >= 0.3 is 0 Å². The Kier molecular flexibility index (Phi) is 4.98. The Bertz CT molecular complexity index is 473. The number of rotatable bonds is 5. The Morgan fingerprint density at radius 3 is 2.80 bits per heavy atom. The third-order valence-electron chi connectivity index (χ3n) is 3.63. The standard InChI is InChI=1S/C15H21FN2O2/c1-3-4-13(18-7-5-17-6-8-18)12-9-11(16)10-14(20-2)15(12)19/h3,9-10,13,17,19H,1,4-8H2,2H3/t13-/m0/s1. The number of halogens is 1. The molecule has 5 heteroatoms. The number of nitrogens with zero attached hydrogens (tertiary/aromatic N) is 1. The minimum atomic E-state index is -0.404. The SMILES string of the molecule is C=CC[C@@H](c1cc(F)cc(OC)c1O)N1CCNCC1. The van der Waals surface area contributed by atoms with E-state index in [1.54, 1.807) is 6.08 Å². The van der Waals surface area contributed by atoms with Crippen LogP contribution in [0.2, 0.25) is 0 Å². The molecule has 0 aliphatic carbocycles. The average Bonchev–Trinajstić information content (AvgIpc) is 2.48. The first-order chi connectivity index (χ1) is 9.67. The second kappa shape index (κ2) is 6.72. The van der Waals surface area contributed by atoms with Crippen LogP contribution in [0.5, 0.6) is 11.5 Å². The van der Waals surface area contributed by atoms with Crippen molar-refractivity contribution in [3.05, 3.63) is 36.2 Å². The molecule has 1 aliphatic heterocycles. The van der Waals surface area contributed by atoms with Crippen LogP contribution in [-0.2, 0) is 0 Å². The Balaban J connectivity index is 2.37. The maximum absolute atomic E-state index is 13.7. The summed E-state index contributed by atoms with van der Waals surface area (Å²) in [4.78, 5) is 2.23. The number of phenolic OH excluding ortho intramolecular Hbond substituents is 1. The molecule has 110 valence electrons. The molecule has 0 amide bonds. The van der Waals surface area contributed by atoms with Crippen molar-refractivity contribution in [2.45, 2.75) is 12.5 Å². The highest BCUT2D eigenvalue weighted by Crippen LogP contribution is 2.38. The largest absolute Gasteiger partial charge is 0.504 e. The van der Waals surface area contributed by atoms with Crippen molar-refractivity contribution in [1.29, 1.82) is 0 Å². The zero-order chi connectivity index (χ0) is 14.5. The molecule has 1 atom stereocenters. The van der Waals surface area contributed by atoms with E-state index in [0.29, 0.717) is 12.0 Å². The zero-order valence-corrected chi connectivity index (χ0v) is 11.7. The van der Waals surface area contributed by atoms with Crippen molar-refractivity contribution in [1.82, 2.24) is 10.2 Å². The fourth-order valence-electron chi connectivity index (χ4n) is 2.63. The molecule has 20 heavy (non-hydrogen) atoms. The van der Waals surface area contributed by atoms with Gasteiger partial charge in [-0.1, -0.05) is 6.08 Å². The predicted octanol–water partition coefficient (Wildman–Crippen LogP) is 2.06. The van der Waals surface area contributed by atoms with Crippen LogP contribution in [0.1, 0.15) is 18.0 Å². The van der Waals surface area contributed by atoms with Gasteiger partial charge in [0.15, 0.2) is 11.5 Å². The summed E-state index contributed by atoms with van der Waals surface area (Å²) in [6.07, 6.45) is 2.45. The van der Waals surface area contributed by atoms with Crippen LogP contribution >= 0.6 is 0 Å². The molecule has 0 bridgehead atoms. The van der Waals surface area contributed by atoms with Gasteiger partial charge in [0.1, 0.15) is 5.82 Å². The molecule has 0 spiro atoms. The van der Waals surface area contributed by atoms with Crippen molar-refractivity contribution in [2.75, 3.05) is 33.3 Å². The number of methoxy groups -OCH3 is 1. The van der Waals surface area contributed by atoms with Gasteiger partial charge in [0, 0.05) is 43.9 Å². The van der Waals surface area contributed by atoms with Gasteiger partial charge in [-0.2, -0.15) is 0 Å². The molecule has 0 radical (unpaired) electrons. The number of benzene rings is 1. The van der Waals surface area contributed by atoms with E-state index in [4.69, 9.17) is 4.74 Å². The molecule has 0 aromatic heterocycles. The zero-order valence-electron chi connectivity index (χ0n) is 11.7. The van der Waals surface area contributed by atoms with Crippen molar-refractivity contribution >= 4 is 0 Å². The molecule has 1 saturated heterocycles. The van der Waals surface area contributed by atoms with Crippen LogP contribution in [0.15, 0.2) is 24.8 Å². The van der Waals surface area contributed by atoms with E-state index in [-0.39, 0.29) is 17.5 Å². The molecule has 2 N–H and O–H groups in total. The summed E-state index contributed by atoms with van der Waals surface area (Å²) in [5, 5.41) is 13.6. The van der Waals surface area contributed by atoms with Gasteiger partial charge < -0.3 is 15.2 Å². The number of nitrogens with one attached hydrogen (secondary N) is 1. The molecule has 1 fully saturated rings. The minimum Gasteiger partial charge on any atom is -0.504 e. The number of phenols is 1. The van der Waals surface area contributed by atoms with Crippen LogP contribution in [0.4, 0.5) is 4.39 Å². The van der Waals surface area contributed by atoms with E-state index in [2.05, 4.69) is 16.8 Å². The quantitative estimate of drug-likeness (QED) is 0.810. The molecular weight excluding hydrogens is 259 g/mol. The summed E-state index contributed by atoms with van der Waals surface area (Å²) >= 11 is 0. The Labute approximate surface area is 118 Å². The first kappa shape index (κ1) is 14.8. The smallest absolute Gasteiger partial charge is 0.163 e. The van der Waals surface area contributed by atoms with E-state index in [0.717, 1.165) is 26.2 Å². The Hall–Kier alpha value is -1.59. The fraction of sp³-hybridized carbons (Fsp3) is 0.467. The van der Waals surface area contributed by atoms with Gasteiger partial charge in [-0.05, 0) is 12.5 Å². The minimum absolute atomic E-state index is 0.0132. The van der Waals surface area contributed by atoms with Gasteiger partial charge in [-0.3, -0.25) is 4.90 Å². The third-order valence-corrected chi connectivity index (χ3v) is 3.63. The summed E-state index contributed by atoms with van der Waals surface area (Å²) in [7, 11) is 1.42. The molecule has 4 nitrogen and oxygen atoms in total. The summed E-state index contributed by atoms with van der Waals surface area (Å²) in [6, 6.07) is 2.49. The van der Waals surface area contributed by atoms with Crippen molar-refractivity contribution in [2.24, 2.45) is 0 Å². The first-order valence-corrected chi connectivity index (χ1v) is 6.79. The number of piperazine rings is 1. The Morgan fingerprint density at radius 2 is 2.20 bits per heavy atom. The monoisotopic (exact) mass is 280 g/mol. The van der Waals surface area contributed by atoms with E-state index >= 15 is 0 Å². The van der Waals surface area contributed by atoms with Gasteiger partial charge in [-0.25, -0.2) is 4.39 Å². The lowest BCUT2D eigenvalue weighted by Gasteiger charge is -2.35. The molecule has 1 heterocycles. The van der Waals surface area contributed by atoms with Crippen LogP contribution in [0.25, 0.3) is 0 Å². The van der Waals surface area contributed by atoms with E-state index in [1.807, 2.05) is 0 Å². The molecule has 0 saturated carbocycles. The van der Waals surface area contributed by atoms with Gasteiger partial charge in [-0.15, -0.1) is 6.58 Å². The van der Waals surface area contributed by atoms with Crippen molar-refractivity contribution in [3.8, 4) is 11.5 Å². The fourth-order valence-corrected chi connectivity index (χ4v) is 2.63. The highest BCUT2D eigenvalue weighted by molar-refractivity contribution is 5.47. The number of ether oxygens (including phenoxy) is 1. The van der Waals surface area contributed by atoms with Crippen LogP contribution in [0, 0.1) is 5.82 Å². The van der Waals surface area contributed by atoms with Crippen LogP contribution in [-0.4, -0.2) is 43.3 Å². The van der Waals surface area contributed by atoms with E-state index in [1.165, 1.54) is 19.2 Å². The predicted molar refractivity (Wildman–Crippen MR) is 76.6 cm³/mol. The molecule has 1 aromatic rings. The molecular formula is C15H21FN2O2. The molecule has 0 unspecified atom stereocenters. The van der Waals surface area contributed by atoms with E-state index < -0.39 is 5.82 Å². The molecule has 2 rings (SSSR count). The topological polar surface area (TPSA) is 44.7 Å². The van der Waals surface area contributed by atoms with Gasteiger partial charge in [0.05, 0.1) is 7.11 Å². The normalized spacial score (nSPS) is 17.7. The van der Waals surface area contributed by atoms with Crippen LogP contribution < -0.4 is 10.1 Å². The van der Waals surface area contributed by atoms with Gasteiger partial charge in [0.2, 0.25) is 0 Å². The highest BCUT2D eigenvalue weighted by atomic mass is 19.1. The van der Waals surface area contributed by atoms with E-state index in [9.17, 15) is 9.50 Å². The summed E-state index contributed by atoms with van der Waals surface area (Å²) in [5.41, 5.74) is 0.559. The summed E-state index contributed by atoms with van der Waals surface area (Å²) in [5.74, 6) is -0.220. The lowest BCUT2D eigenvalue weighted by molar-refractivity contribution is 0.171. The van der Waals surface area contributed by atoms with Crippen molar-refractivity contribution < 1.29 is 14.2 Å². The van der Waals surface area contributed by atoms with Crippen molar-refractivity contribution in [3.63, 3.8) is 0 Å². The highest BCUT2D eigenvalue weighted by Gasteiger charge is 2.25. The average molecular weight is 280 g/mol. The first-order valence-electron chi connectivity index (χ1n) is 6.79.